The van der Waals surface area contributed by atoms with Crippen LogP contribution in [0.25, 0.3) is 0 Å². The molecule has 2 atom stereocenters. The number of benzene rings is 1. The Bertz CT molecular complexity index is 440. The van der Waals surface area contributed by atoms with Crippen LogP contribution in [0, 0.1) is 11.7 Å². The van der Waals surface area contributed by atoms with Crippen LogP contribution in [0.5, 0.6) is 0 Å². The van der Waals surface area contributed by atoms with Crippen molar-refractivity contribution in [3.8, 4) is 0 Å². The fourth-order valence-electron chi connectivity index (χ4n) is 3.60. The molecule has 1 aromatic carbocycles. The van der Waals surface area contributed by atoms with Crippen LogP contribution >= 0.6 is 15.9 Å². The number of piperidine rings is 1. The number of nitrogens with zero attached hydrogens (tertiary/aromatic N) is 1. The first-order valence-corrected chi connectivity index (χ1v) is 8.42. The molecule has 0 radical (unpaired) electrons. The number of nitrogens with one attached hydrogen (secondary N) is 1. The first-order valence-electron chi connectivity index (χ1n) is 7.63. The first kappa shape index (κ1) is 14.5. The highest BCUT2D eigenvalue weighted by Crippen LogP contribution is 2.34. The monoisotopic (exact) mass is 340 g/mol. The molecule has 1 aromatic rings. The van der Waals surface area contributed by atoms with Gasteiger partial charge in [0.15, 0.2) is 0 Å². The lowest BCUT2D eigenvalue weighted by Gasteiger charge is -2.31. The molecule has 110 valence electrons. The Kier molecular flexibility index (Phi) is 4.74. The van der Waals surface area contributed by atoms with Gasteiger partial charge in [0.25, 0.3) is 0 Å². The van der Waals surface area contributed by atoms with E-state index in [-0.39, 0.29) is 5.82 Å². The Morgan fingerprint density at radius 3 is 2.90 bits per heavy atom. The topological polar surface area (TPSA) is 15.3 Å². The molecule has 2 heterocycles. The minimum atomic E-state index is -0.138. The minimum absolute atomic E-state index is 0.138. The SMILES string of the molecule is Fc1cc(Br)cc(C2CCCN2CC2CCCNC2)c1. The number of hydrogen-bond donors (Lipinski definition) is 1. The van der Waals surface area contributed by atoms with Crippen LogP contribution < -0.4 is 5.32 Å². The van der Waals surface area contributed by atoms with Crippen molar-refractivity contribution in [2.45, 2.75) is 31.7 Å². The second kappa shape index (κ2) is 6.54. The normalized spacial score (nSPS) is 27.9. The van der Waals surface area contributed by atoms with Crippen LogP contribution in [0.4, 0.5) is 4.39 Å². The summed E-state index contributed by atoms with van der Waals surface area (Å²) in [7, 11) is 0. The maximum atomic E-state index is 13.6. The summed E-state index contributed by atoms with van der Waals surface area (Å²) in [4.78, 5) is 2.55. The Morgan fingerprint density at radius 2 is 2.15 bits per heavy atom. The van der Waals surface area contributed by atoms with E-state index in [1.165, 1.54) is 25.3 Å². The van der Waals surface area contributed by atoms with Crippen LogP contribution in [-0.2, 0) is 0 Å². The molecule has 1 N–H and O–H groups in total. The molecule has 0 aliphatic carbocycles. The highest BCUT2D eigenvalue weighted by molar-refractivity contribution is 9.10. The van der Waals surface area contributed by atoms with Crippen LogP contribution in [0.3, 0.4) is 0 Å². The second-order valence-corrected chi connectivity index (χ2v) is 6.98. The molecule has 20 heavy (non-hydrogen) atoms. The fraction of sp³-hybridized carbons (Fsp3) is 0.625. The van der Waals surface area contributed by atoms with Gasteiger partial charge in [-0.15, -0.1) is 0 Å². The van der Waals surface area contributed by atoms with E-state index in [0.29, 0.717) is 6.04 Å². The third-order valence-electron chi connectivity index (χ3n) is 4.52. The molecule has 0 bridgehead atoms. The summed E-state index contributed by atoms with van der Waals surface area (Å²) in [6, 6.07) is 5.70. The van der Waals surface area contributed by atoms with Gasteiger partial charge in [-0.2, -0.15) is 0 Å². The highest BCUT2D eigenvalue weighted by atomic mass is 79.9. The van der Waals surface area contributed by atoms with E-state index < -0.39 is 0 Å². The third-order valence-corrected chi connectivity index (χ3v) is 4.98. The number of likely N-dealkylation sites (tertiary alicyclic amines) is 1. The molecule has 0 amide bonds. The van der Waals surface area contributed by atoms with E-state index in [0.717, 1.165) is 48.6 Å². The van der Waals surface area contributed by atoms with Gasteiger partial charge in [-0.05, 0) is 75.0 Å². The Balaban J connectivity index is 1.71. The van der Waals surface area contributed by atoms with E-state index in [2.05, 4.69) is 32.2 Å². The Morgan fingerprint density at radius 1 is 1.25 bits per heavy atom. The summed E-state index contributed by atoms with van der Waals surface area (Å²) in [5, 5.41) is 3.49. The van der Waals surface area contributed by atoms with Gasteiger partial charge in [-0.3, -0.25) is 4.90 Å². The molecular formula is C16H22BrFN2. The number of hydrogen-bond acceptors (Lipinski definition) is 2. The molecule has 2 nitrogen and oxygen atoms in total. The summed E-state index contributed by atoms with van der Waals surface area (Å²) < 4.78 is 14.5. The Hall–Kier alpha value is -0.450. The van der Waals surface area contributed by atoms with Crippen LogP contribution in [0.1, 0.15) is 37.3 Å². The van der Waals surface area contributed by atoms with Crippen molar-refractivity contribution in [3.63, 3.8) is 0 Å². The van der Waals surface area contributed by atoms with Gasteiger partial charge in [0.05, 0.1) is 0 Å². The van der Waals surface area contributed by atoms with Crippen molar-refractivity contribution >= 4 is 15.9 Å². The largest absolute Gasteiger partial charge is 0.316 e. The van der Waals surface area contributed by atoms with Crippen molar-refractivity contribution < 1.29 is 4.39 Å². The molecule has 2 fully saturated rings. The first-order chi connectivity index (χ1) is 9.72. The standard InChI is InChI=1S/C16H22BrFN2/c17-14-7-13(8-15(18)9-14)16-4-2-6-20(16)11-12-3-1-5-19-10-12/h7-9,12,16,19H,1-6,10-11H2. The number of halogens is 2. The lowest BCUT2D eigenvalue weighted by molar-refractivity contribution is 0.195. The molecule has 0 spiro atoms. The van der Waals surface area contributed by atoms with E-state index >= 15 is 0 Å². The molecular weight excluding hydrogens is 319 g/mol. The van der Waals surface area contributed by atoms with Crippen molar-refractivity contribution in [2.75, 3.05) is 26.2 Å². The van der Waals surface area contributed by atoms with E-state index in [4.69, 9.17) is 0 Å². The predicted octanol–water partition coefficient (Wildman–Crippen LogP) is 3.72. The molecule has 2 unspecified atom stereocenters. The lowest BCUT2D eigenvalue weighted by Crippen LogP contribution is -2.38. The molecule has 2 aliphatic heterocycles. The zero-order valence-corrected chi connectivity index (χ0v) is 13.3. The van der Waals surface area contributed by atoms with Gasteiger partial charge >= 0.3 is 0 Å². The maximum Gasteiger partial charge on any atom is 0.124 e. The molecule has 2 aliphatic rings. The van der Waals surface area contributed by atoms with Gasteiger partial charge < -0.3 is 5.32 Å². The van der Waals surface area contributed by atoms with Gasteiger partial charge in [0.2, 0.25) is 0 Å². The number of rotatable bonds is 3. The van der Waals surface area contributed by atoms with Gasteiger partial charge in [-0.1, -0.05) is 15.9 Å². The summed E-state index contributed by atoms with van der Waals surface area (Å²) in [6.45, 7) is 4.59. The summed E-state index contributed by atoms with van der Waals surface area (Å²) in [6.07, 6.45) is 4.98. The van der Waals surface area contributed by atoms with Crippen molar-refractivity contribution in [3.05, 3.63) is 34.1 Å². The molecule has 4 heteroatoms. The lowest BCUT2D eigenvalue weighted by atomic mass is 9.97. The second-order valence-electron chi connectivity index (χ2n) is 6.07. The van der Waals surface area contributed by atoms with E-state index in [1.54, 1.807) is 6.07 Å². The van der Waals surface area contributed by atoms with E-state index in [1.807, 2.05) is 0 Å². The Labute approximate surface area is 128 Å². The summed E-state index contributed by atoms with van der Waals surface area (Å²) in [5.74, 6) is 0.613. The average molecular weight is 341 g/mol. The third kappa shape index (κ3) is 3.41. The minimum Gasteiger partial charge on any atom is -0.316 e. The van der Waals surface area contributed by atoms with Crippen molar-refractivity contribution in [1.82, 2.24) is 10.2 Å². The zero-order valence-electron chi connectivity index (χ0n) is 11.7. The van der Waals surface area contributed by atoms with Gasteiger partial charge in [-0.25, -0.2) is 4.39 Å². The van der Waals surface area contributed by atoms with E-state index in [9.17, 15) is 4.39 Å². The molecule has 3 rings (SSSR count). The predicted molar refractivity (Wildman–Crippen MR) is 83.2 cm³/mol. The average Bonchev–Trinajstić information content (AvgIpc) is 2.87. The van der Waals surface area contributed by atoms with Gasteiger partial charge in [0.1, 0.15) is 5.82 Å². The smallest absolute Gasteiger partial charge is 0.124 e. The van der Waals surface area contributed by atoms with Crippen LogP contribution in [-0.4, -0.2) is 31.1 Å². The van der Waals surface area contributed by atoms with Crippen molar-refractivity contribution in [2.24, 2.45) is 5.92 Å². The molecule has 0 aromatic heterocycles. The summed E-state index contributed by atoms with van der Waals surface area (Å²) in [5.41, 5.74) is 1.12. The van der Waals surface area contributed by atoms with Crippen LogP contribution in [0.2, 0.25) is 0 Å². The molecule has 0 saturated carbocycles. The fourth-order valence-corrected chi connectivity index (χ4v) is 4.08. The quantitative estimate of drug-likeness (QED) is 0.901. The summed E-state index contributed by atoms with van der Waals surface area (Å²) >= 11 is 3.41. The van der Waals surface area contributed by atoms with Crippen molar-refractivity contribution in [1.29, 1.82) is 0 Å². The zero-order chi connectivity index (χ0) is 13.9. The maximum absolute atomic E-state index is 13.6. The molecule has 2 saturated heterocycles. The highest BCUT2D eigenvalue weighted by Gasteiger charge is 2.28. The van der Waals surface area contributed by atoms with Gasteiger partial charge in [0, 0.05) is 17.1 Å². The van der Waals surface area contributed by atoms with Crippen LogP contribution in [0.15, 0.2) is 22.7 Å².